The van der Waals surface area contributed by atoms with E-state index in [-0.39, 0.29) is 12.1 Å². The van der Waals surface area contributed by atoms with Crippen molar-refractivity contribution < 1.29 is 9.53 Å². The molecule has 5 heteroatoms. The van der Waals surface area contributed by atoms with Crippen LogP contribution < -0.4 is 4.90 Å². The molecule has 1 aromatic heterocycles. The van der Waals surface area contributed by atoms with E-state index in [1.54, 1.807) is 17.2 Å². The van der Waals surface area contributed by atoms with Crippen LogP contribution in [0.15, 0.2) is 12.3 Å². The van der Waals surface area contributed by atoms with Crippen molar-refractivity contribution in [3.05, 3.63) is 12.3 Å². The molecule has 0 aliphatic carbocycles. The molecule has 2 rings (SSSR count). The van der Waals surface area contributed by atoms with Gasteiger partial charge in [0.05, 0.1) is 12.2 Å². The van der Waals surface area contributed by atoms with Gasteiger partial charge in [-0.1, -0.05) is 13.8 Å². The minimum atomic E-state index is -0.298. The second kappa shape index (κ2) is 3.32. The molecule has 0 radical (unpaired) electrons. The van der Waals surface area contributed by atoms with Crippen LogP contribution in [0.25, 0.3) is 0 Å². The van der Waals surface area contributed by atoms with E-state index < -0.39 is 0 Å². The monoisotopic (exact) mass is 195 g/mol. The van der Waals surface area contributed by atoms with Gasteiger partial charge in [0.1, 0.15) is 12.4 Å². The van der Waals surface area contributed by atoms with E-state index in [4.69, 9.17) is 4.74 Å². The van der Waals surface area contributed by atoms with Crippen LogP contribution in [0.2, 0.25) is 0 Å². The van der Waals surface area contributed by atoms with Crippen LogP contribution in [-0.4, -0.2) is 28.9 Å². The highest BCUT2D eigenvalue weighted by Crippen LogP contribution is 2.24. The molecule has 1 amide bonds. The van der Waals surface area contributed by atoms with Gasteiger partial charge in [0, 0.05) is 6.07 Å². The van der Waals surface area contributed by atoms with Crippen molar-refractivity contribution in [1.29, 1.82) is 0 Å². The van der Waals surface area contributed by atoms with Crippen LogP contribution in [0.5, 0.6) is 0 Å². The molecule has 1 N–H and O–H groups in total. The molecular weight excluding hydrogens is 182 g/mol. The third-order valence-corrected chi connectivity index (χ3v) is 2.42. The quantitative estimate of drug-likeness (QED) is 0.775. The fourth-order valence-corrected chi connectivity index (χ4v) is 1.59. The molecule has 0 unspecified atom stereocenters. The van der Waals surface area contributed by atoms with Crippen molar-refractivity contribution in [2.75, 3.05) is 11.5 Å². The number of hydrogen-bond donors (Lipinski definition) is 1. The SMILES string of the molecule is CC(C)[C@H]1COC(=O)N1c1ccn[nH]1. The van der Waals surface area contributed by atoms with Crippen molar-refractivity contribution in [2.24, 2.45) is 5.92 Å². The summed E-state index contributed by atoms with van der Waals surface area (Å²) in [6.07, 6.45) is 1.33. The fourth-order valence-electron chi connectivity index (χ4n) is 1.59. The van der Waals surface area contributed by atoms with E-state index in [1.165, 1.54) is 0 Å². The molecular formula is C9H13N3O2. The second-order valence-electron chi connectivity index (χ2n) is 3.70. The smallest absolute Gasteiger partial charge is 0.415 e. The lowest BCUT2D eigenvalue weighted by molar-refractivity contribution is 0.177. The van der Waals surface area contributed by atoms with Crippen molar-refractivity contribution in [3.8, 4) is 0 Å². The normalized spacial score (nSPS) is 21.8. The minimum absolute atomic E-state index is 0.1000. The average Bonchev–Trinajstić information content (AvgIpc) is 2.71. The Kier molecular flexibility index (Phi) is 2.15. The first-order valence-corrected chi connectivity index (χ1v) is 4.65. The lowest BCUT2D eigenvalue weighted by atomic mass is 10.1. The summed E-state index contributed by atoms with van der Waals surface area (Å²) in [7, 11) is 0. The Morgan fingerprint density at radius 1 is 1.71 bits per heavy atom. The van der Waals surface area contributed by atoms with E-state index in [0.717, 1.165) is 0 Å². The number of rotatable bonds is 2. The van der Waals surface area contributed by atoms with Gasteiger partial charge >= 0.3 is 6.09 Å². The molecule has 0 spiro atoms. The van der Waals surface area contributed by atoms with Crippen LogP contribution in [-0.2, 0) is 4.74 Å². The number of amides is 1. The lowest BCUT2D eigenvalue weighted by Gasteiger charge is -2.22. The number of H-pyrrole nitrogens is 1. The minimum Gasteiger partial charge on any atom is -0.447 e. The molecule has 1 fully saturated rings. The van der Waals surface area contributed by atoms with Crippen molar-refractivity contribution in [1.82, 2.24) is 10.2 Å². The predicted octanol–water partition coefficient (Wildman–Crippen LogP) is 1.39. The predicted molar refractivity (Wildman–Crippen MR) is 51.0 cm³/mol. The van der Waals surface area contributed by atoms with Gasteiger partial charge < -0.3 is 4.74 Å². The van der Waals surface area contributed by atoms with Crippen LogP contribution in [0.3, 0.4) is 0 Å². The Morgan fingerprint density at radius 3 is 3.07 bits per heavy atom. The van der Waals surface area contributed by atoms with E-state index in [9.17, 15) is 4.79 Å². The van der Waals surface area contributed by atoms with Crippen molar-refractivity contribution in [3.63, 3.8) is 0 Å². The molecule has 76 valence electrons. The third kappa shape index (κ3) is 1.34. The summed E-state index contributed by atoms with van der Waals surface area (Å²) in [6, 6.07) is 1.87. The Bertz CT molecular complexity index is 321. The molecule has 0 saturated carbocycles. The highest BCUT2D eigenvalue weighted by Gasteiger charge is 2.36. The molecule has 1 saturated heterocycles. The number of carbonyl (C=O) groups is 1. The van der Waals surface area contributed by atoms with E-state index in [1.807, 2.05) is 0 Å². The van der Waals surface area contributed by atoms with Crippen LogP contribution in [0.4, 0.5) is 10.6 Å². The van der Waals surface area contributed by atoms with Gasteiger partial charge in [-0.3, -0.25) is 10.00 Å². The van der Waals surface area contributed by atoms with E-state index >= 15 is 0 Å². The number of anilines is 1. The lowest BCUT2D eigenvalue weighted by Crippen LogP contribution is -2.37. The number of hydrogen-bond acceptors (Lipinski definition) is 3. The van der Waals surface area contributed by atoms with Gasteiger partial charge in [-0.15, -0.1) is 0 Å². The van der Waals surface area contributed by atoms with Crippen LogP contribution >= 0.6 is 0 Å². The molecule has 14 heavy (non-hydrogen) atoms. The Morgan fingerprint density at radius 2 is 2.50 bits per heavy atom. The number of cyclic esters (lactones) is 1. The molecule has 1 aliphatic heterocycles. The van der Waals surface area contributed by atoms with Crippen molar-refractivity contribution in [2.45, 2.75) is 19.9 Å². The molecule has 1 aliphatic rings. The summed E-state index contributed by atoms with van der Waals surface area (Å²) in [5.74, 6) is 1.07. The number of aromatic amines is 1. The first-order chi connectivity index (χ1) is 6.70. The van der Waals surface area contributed by atoms with Crippen LogP contribution in [0, 0.1) is 5.92 Å². The first-order valence-electron chi connectivity index (χ1n) is 4.65. The summed E-state index contributed by atoms with van der Waals surface area (Å²) < 4.78 is 5.00. The van der Waals surface area contributed by atoms with Gasteiger partial charge in [0.25, 0.3) is 0 Å². The zero-order valence-electron chi connectivity index (χ0n) is 8.23. The highest BCUT2D eigenvalue weighted by molar-refractivity contribution is 5.89. The average molecular weight is 195 g/mol. The maximum absolute atomic E-state index is 11.4. The maximum atomic E-state index is 11.4. The third-order valence-electron chi connectivity index (χ3n) is 2.42. The Balaban J connectivity index is 2.26. The summed E-state index contributed by atoms with van der Waals surface area (Å²) in [5.41, 5.74) is 0. The maximum Gasteiger partial charge on any atom is 0.415 e. The topological polar surface area (TPSA) is 58.2 Å². The van der Waals surface area contributed by atoms with Crippen molar-refractivity contribution >= 4 is 11.9 Å². The molecule has 1 aromatic rings. The van der Waals surface area contributed by atoms with Gasteiger partial charge in [-0.25, -0.2) is 4.79 Å². The summed E-state index contributed by atoms with van der Waals surface area (Å²) in [6.45, 7) is 4.58. The molecule has 0 aromatic carbocycles. The number of nitrogens with one attached hydrogen (secondary N) is 1. The Labute approximate surface area is 82.0 Å². The Hall–Kier alpha value is -1.52. The molecule has 0 bridgehead atoms. The van der Waals surface area contributed by atoms with Gasteiger partial charge in [-0.05, 0) is 5.92 Å². The zero-order valence-corrected chi connectivity index (χ0v) is 8.23. The zero-order chi connectivity index (χ0) is 10.1. The second-order valence-corrected chi connectivity index (χ2v) is 3.70. The van der Waals surface area contributed by atoms with E-state index in [2.05, 4.69) is 24.0 Å². The summed E-state index contributed by atoms with van der Waals surface area (Å²) in [4.78, 5) is 13.1. The summed E-state index contributed by atoms with van der Waals surface area (Å²) >= 11 is 0. The fraction of sp³-hybridized carbons (Fsp3) is 0.556. The standard InChI is InChI=1S/C9H13N3O2/c1-6(2)7-5-14-9(13)12(7)8-3-4-10-11-8/h3-4,6-7H,5H2,1-2H3,(H,10,11)/t7-/m1/s1. The molecule has 2 heterocycles. The van der Waals surface area contributed by atoms with Gasteiger partial charge in [0.15, 0.2) is 0 Å². The number of carbonyl (C=O) groups excluding carboxylic acids is 1. The van der Waals surface area contributed by atoms with Gasteiger partial charge in [0.2, 0.25) is 0 Å². The largest absolute Gasteiger partial charge is 0.447 e. The number of nitrogens with zero attached hydrogens (tertiary/aromatic N) is 2. The number of ether oxygens (including phenoxy) is 1. The number of aromatic nitrogens is 2. The van der Waals surface area contributed by atoms with Crippen LogP contribution in [0.1, 0.15) is 13.8 Å². The first kappa shape index (κ1) is 9.05. The summed E-state index contributed by atoms with van der Waals surface area (Å²) in [5, 5.41) is 6.59. The van der Waals surface area contributed by atoms with Gasteiger partial charge in [-0.2, -0.15) is 5.10 Å². The molecule has 1 atom stereocenters. The highest BCUT2D eigenvalue weighted by atomic mass is 16.6. The van der Waals surface area contributed by atoms with E-state index in [0.29, 0.717) is 18.3 Å². The molecule has 5 nitrogen and oxygen atoms in total.